The van der Waals surface area contributed by atoms with Crippen LogP contribution in [0.15, 0.2) is 30.5 Å². The van der Waals surface area contributed by atoms with Crippen molar-refractivity contribution in [3.8, 4) is 17.3 Å². The first kappa shape index (κ1) is 18.1. The van der Waals surface area contributed by atoms with E-state index in [1.54, 1.807) is 18.2 Å². The van der Waals surface area contributed by atoms with E-state index in [-0.39, 0.29) is 0 Å². The average molecular weight is 367 g/mol. The Hall–Kier alpha value is -1.25. The van der Waals surface area contributed by atoms with E-state index in [0.717, 1.165) is 23.9 Å². The highest BCUT2D eigenvalue weighted by atomic mass is 35.5. The van der Waals surface area contributed by atoms with Crippen LogP contribution in [0.25, 0.3) is 11.3 Å². The monoisotopic (exact) mass is 366 g/mol. The van der Waals surface area contributed by atoms with Crippen LogP contribution in [0.4, 0.5) is 0 Å². The molecule has 2 aromatic rings. The first-order chi connectivity index (χ1) is 10.8. The van der Waals surface area contributed by atoms with Gasteiger partial charge in [-0.05, 0) is 30.3 Å². The molecule has 1 heterocycles. The molecule has 0 unspecified atom stereocenters. The van der Waals surface area contributed by atoms with E-state index in [9.17, 15) is 5.26 Å². The van der Waals surface area contributed by atoms with Gasteiger partial charge in [-0.25, -0.2) is 0 Å². The van der Waals surface area contributed by atoms with E-state index in [1.807, 2.05) is 16.8 Å². The van der Waals surface area contributed by atoms with Gasteiger partial charge in [-0.15, -0.1) is 0 Å². The molecule has 0 saturated carbocycles. The maximum absolute atomic E-state index is 9.35. The minimum absolute atomic E-state index is 0.403. The molecule has 0 aliphatic heterocycles. The predicted molar refractivity (Wildman–Crippen MR) is 98.7 cm³/mol. The summed E-state index contributed by atoms with van der Waals surface area (Å²) >= 11 is 12.3. The fourth-order valence-corrected chi connectivity index (χ4v) is 3.45. The van der Waals surface area contributed by atoms with Gasteiger partial charge >= 0.3 is 0 Å². The molecule has 1 aromatic heterocycles. The van der Waals surface area contributed by atoms with Gasteiger partial charge in [0, 0.05) is 31.5 Å². The van der Waals surface area contributed by atoms with Crippen LogP contribution in [0.1, 0.15) is 5.56 Å². The third kappa shape index (κ3) is 4.86. The molecule has 2 rings (SSSR count). The van der Waals surface area contributed by atoms with Crippen molar-refractivity contribution in [1.29, 1.82) is 5.26 Å². The Morgan fingerprint density at radius 1 is 1.22 bits per heavy atom. The Labute approximate surface area is 148 Å². The molecule has 0 bridgehead atoms. The van der Waals surface area contributed by atoms with Crippen LogP contribution in [0.5, 0.6) is 0 Å². The molecule has 3 nitrogen and oxygen atoms in total. The predicted octanol–water partition coefficient (Wildman–Crippen LogP) is 5.65. The lowest BCUT2D eigenvalue weighted by molar-refractivity contribution is 0.0885. The van der Waals surface area contributed by atoms with Crippen LogP contribution in [0.3, 0.4) is 0 Å². The van der Waals surface area contributed by atoms with Crippen molar-refractivity contribution in [2.45, 2.75) is 32.4 Å². The zero-order valence-corrected chi connectivity index (χ0v) is 16.1. The Kier molecular flexibility index (Phi) is 5.93. The van der Waals surface area contributed by atoms with E-state index < -0.39 is 8.07 Å². The Balaban J connectivity index is 2.22. The Morgan fingerprint density at radius 3 is 2.57 bits per heavy atom. The van der Waals surface area contributed by atoms with E-state index in [1.165, 1.54) is 0 Å². The highest BCUT2D eigenvalue weighted by Gasteiger charge is 2.16. The molecule has 0 fully saturated rings. The van der Waals surface area contributed by atoms with Gasteiger partial charge in [0.15, 0.2) is 0 Å². The van der Waals surface area contributed by atoms with E-state index in [0.29, 0.717) is 22.3 Å². The summed E-state index contributed by atoms with van der Waals surface area (Å²) in [4.78, 5) is 0. The molecular formula is C17H20Cl2N2OSi. The van der Waals surface area contributed by atoms with Crippen molar-refractivity contribution >= 4 is 31.3 Å². The molecule has 6 heteroatoms. The fraction of sp³-hybridized carbons (Fsp3) is 0.353. The highest BCUT2D eigenvalue weighted by Crippen LogP contribution is 2.33. The molecule has 0 aliphatic carbocycles. The second-order valence-corrected chi connectivity index (χ2v) is 13.1. The summed E-state index contributed by atoms with van der Waals surface area (Å²) in [5.41, 5.74) is 2.12. The van der Waals surface area contributed by atoms with Crippen LogP contribution in [0, 0.1) is 11.3 Å². The van der Waals surface area contributed by atoms with Crippen LogP contribution in [0.2, 0.25) is 35.7 Å². The molecule has 0 amide bonds. The quantitative estimate of drug-likeness (QED) is 0.489. The maximum Gasteiger partial charge on any atom is 0.122 e. The lowest BCUT2D eigenvalue weighted by Gasteiger charge is -2.16. The van der Waals surface area contributed by atoms with Gasteiger partial charge in [-0.3, -0.25) is 0 Å². The smallest absolute Gasteiger partial charge is 0.122 e. The summed E-state index contributed by atoms with van der Waals surface area (Å²) in [5, 5.41) is 10.4. The molecule has 0 atom stereocenters. The number of nitrogens with zero attached hydrogens (tertiary/aromatic N) is 2. The first-order valence-electron chi connectivity index (χ1n) is 7.44. The van der Waals surface area contributed by atoms with Crippen LogP contribution in [-0.2, 0) is 11.5 Å². The normalized spacial score (nSPS) is 11.5. The number of benzene rings is 1. The third-order valence-corrected chi connectivity index (χ3v) is 5.75. The van der Waals surface area contributed by atoms with Crippen molar-refractivity contribution in [2.75, 3.05) is 6.61 Å². The number of hydrogen-bond acceptors (Lipinski definition) is 2. The van der Waals surface area contributed by atoms with Crippen LogP contribution >= 0.6 is 23.2 Å². The van der Waals surface area contributed by atoms with E-state index >= 15 is 0 Å². The molecule has 0 radical (unpaired) electrons. The molecular weight excluding hydrogens is 347 g/mol. The largest absolute Gasteiger partial charge is 0.361 e. The van der Waals surface area contributed by atoms with Gasteiger partial charge in [0.05, 0.1) is 16.3 Å². The number of halogens is 2. The average Bonchev–Trinajstić information content (AvgIpc) is 2.85. The fourth-order valence-electron chi connectivity index (χ4n) is 2.19. The molecule has 23 heavy (non-hydrogen) atoms. The first-order valence-corrected chi connectivity index (χ1v) is 11.9. The standard InChI is InChI=1S/C17H20Cl2N2OSi/c1-23(2,3)9-8-22-12-21-7-6-13(11-20)17(21)15-5-4-14(18)10-16(15)19/h4-7,10H,8-9,12H2,1-3H3. The summed E-state index contributed by atoms with van der Waals surface area (Å²) in [6.07, 6.45) is 1.85. The van der Waals surface area contributed by atoms with Crippen molar-refractivity contribution < 1.29 is 4.74 Å². The second-order valence-electron chi connectivity index (χ2n) is 6.63. The molecule has 0 spiro atoms. The number of hydrogen-bond donors (Lipinski definition) is 0. The summed E-state index contributed by atoms with van der Waals surface area (Å²) in [6, 6.07) is 10.4. The van der Waals surface area contributed by atoms with Crippen molar-refractivity contribution in [2.24, 2.45) is 0 Å². The van der Waals surface area contributed by atoms with Gasteiger partial charge < -0.3 is 9.30 Å². The van der Waals surface area contributed by atoms with Crippen molar-refractivity contribution in [3.05, 3.63) is 46.1 Å². The Bertz CT molecular complexity index is 729. The van der Waals surface area contributed by atoms with Crippen molar-refractivity contribution in [3.63, 3.8) is 0 Å². The zero-order valence-electron chi connectivity index (χ0n) is 13.6. The maximum atomic E-state index is 9.35. The summed E-state index contributed by atoms with van der Waals surface area (Å²) in [7, 11) is -1.11. The van der Waals surface area contributed by atoms with Crippen molar-refractivity contribution in [1.82, 2.24) is 4.57 Å². The zero-order chi connectivity index (χ0) is 17.0. The number of nitriles is 1. The SMILES string of the molecule is C[Si](C)(C)CCOCn1ccc(C#N)c1-c1ccc(Cl)cc1Cl. The summed E-state index contributed by atoms with van der Waals surface area (Å²) < 4.78 is 7.71. The lowest BCUT2D eigenvalue weighted by atomic mass is 10.1. The minimum atomic E-state index is -1.11. The molecule has 0 saturated heterocycles. The molecule has 122 valence electrons. The topological polar surface area (TPSA) is 38.0 Å². The highest BCUT2D eigenvalue weighted by molar-refractivity contribution is 6.76. The summed E-state index contributed by atoms with van der Waals surface area (Å²) in [5.74, 6) is 0. The number of ether oxygens (including phenoxy) is 1. The van der Waals surface area contributed by atoms with Gasteiger partial charge in [0.2, 0.25) is 0 Å². The third-order valence-electron chi connectivity index (χ3n) is 3.50. The number of rotatable bonds is 6. The van der Waals surface area contributed by atoms with E-state index in [4.69, 9.17) is 27.9 Å². The van der Waals surface area contributed by atoms with Gasteiger partial charge in [0.25, 0.3) is 0 Å². The second kappa shape index (κ2) is 7.54. The van der Waals surface area contributed by atoms with Crippen LogP contribution in [-0.4, -0.2) is 19.2 Å². The molecule has 0 aliphatic rings. The van der Waals surface area contributed by atoms with Gasteiger partial charge in [0.1, 0.15) is 12.8 Å². The van der Waals surface area contributed by atoms with Gasteiger partial charge in [-0.1, -0.05) is 42.8 Å². The number of aromatic nitrogens is 1. The lowest BCUT2D eigenvalue weighted by Crippen LogP contribution is -2.22. The molecule has 0 N–H and O–H groups in total. The van der Waals surface area contributed by atoms with Gasteiger partial charge in [-0.2, -0.15) is 5.26 Å². The molecule has 1 aromatic carbocycles. The Morgan fingerprint density at radius 2 is 1.96 bits per heavy atom. The summed E-state index contributed by atoms with van der Waals surface area (Å²) in [6.45, 7) is 8.08. The minimum Gasteiger partial charge on any atom is -0.361 e. The van der Waals surface area contributed by atoms with E-state index in [2.05, 4.69) is 25.7 Å². The van der Waals surface area contributed by atoms with Crippen LogP contribution < -0.4 is 0 Å².